The number of nitro groups is 1. The van der Waals surface area contributed by atoms with Crippen molar-refractivity contribution >= 4 is 11.6 Å². The second kappa shape index (κ2) is 5.97. The summed E-state index contributed by atoms with van der Waals surface area (Å²) in [7, 11) is 0. The number of rotatable bonds is 4. The first-order valence-electron chi connectivity index (χ1n) is 6.84. The van der Waals surface area contributed by atoms with Crippen LogP contribution in [0.1, 0.15) is 36.7 Å². The van der Waals surface area contributed by atoms with E-state index in [1.54, 1.807) is 23.0 Å². The summed E-state index contributed by atoms with van der Waals surface area (Å²) < 4.78 is 1.72. The topological polar surface area (TPSA) is 90.1 Å². The van der Waals surface area contributed by atoms with Gasteiger partial charge in [-0.25, -0.2) is 0 Å². The van der Waals surface area contributed by atoms with E-state index in [2.05, 4.69) is 10.4 Å². The van der Waals surface area contributed by atoms with Gasteiger partial charge in [0, 0.05) is 24.9 Å². The van der Waals surface area contributed by atoms with Crippen molar-refractivity contribution in [1.29, 1.82) is 0 Å². The first-order chi connectivity index (χ1) is 10.3. The average Bonchev–Trinajstić information content (AvgIpc) is 2.95. The molecule has 0 saturated carbocycles. The predicted octanol–water partition coefficient (Wildman–Crippen LogP) is 2.48. The molecular weight excluding hydrogens is 284 g/mol. The molecule has 7 heteroatoms. The van der Waals surface area contributed by atoms with Crippen LogP contribution in [0, 0.1) is 10.1 Å². The standard InChI is InChI=1S/C15H18N4O3/c1-15(2,3)18-10-12(9-17-18)14(20)16-8-11-5-4-6-13(7-11)19(21)22/h4-7,9-10H,8H2,1-3H3,(H,16,20). The number of nitrogens with one attached hydrogen (secondary N) is 1. The third-order valence-corrected chi connectivity index (χ3v) is 3.11. The molecule has 2 rings (SSSR count). The van der Waals surface area contributed by atoms with Gasteiger partial charge in [-0.1, -0.05) is 12.1 Å². The number of hydrogen-bond acceptors (Lipinski definition) is 4. The molecule has 116 valence electrons. The molecule has 1 N–H and O–H groups in total. The number of carbonyl (C=O) groups is 1. The summed E-state index contributed by atoms with van der Waals surface area (Å²) in [6, 6.07) is 6.18. The van der Waals surface area contributed by atoms with Gasteiger partial charge in [0.05, 0.1) is 22.2 Å². The molecule has 0 saturated heterocycles. The van der Waals surface area contributed by atoms with E-state index >= 15 is 0 Å². The van der Waals surface area contributed by atoms with Gasteiger partial charge < -0.3 is 5.32 Å². The van der Waals surface area contributed by atoms with Crippen LogP contribution in [0.25, 0.3) is 0 Å². The van der Waals surface area contributed by atoms with E-state index < -0.39 is 4.92 Å². The van der Waals surface area contributed by atoms with Gasteiger partial charge in [0.15, 0.2) is 0 Å². The fraction of sp³-hybridized carbons (Fsp3) is 0.333. The van der Waals surface area contributed by atoms with Crippen LogP contribution in [-0.2, 0) is 12.1 Å². The first kappa shape index (κ1) is 15.7. The van der Waals surface area contributed by atoms with Crippen molar-refractivity contribution < 1.29 is 9.72 Å². The summed E-state index contributed by atoms with van der Waals surface area (Å²) >= 11 is 0. The zero-order chi connectivity index (χ0) is 16.3. The Balaban J connectivity index is 2.02. The van der Waals surface area contributed by atoms with Gasteiger partial charge in [0.2, 0.25) is 0 Å². The zero-order valence-electron chi connectivity index (χ0n) is 12.7. The Bertz CT molecular complexity index is 701. The molecule has 0 atom stereocenters. The molecule has 0 aliphatic heterocycles. The molecule has 7 nitrogen and oxygen atoms in total. The third kappa shape index (κ3) is 3.69. The van der Waals surface area contributed by atoms with E-state index in [1.807, 2.05) is 20.8 Å². The molecule has 22 heavy (non-hydrogen) atoms. The Morgan fingerprint density at radius 1 is 1.41 bits per heavy atom. The number of amides is 1. The highest BCUT2D eigenvalue weighted by atomic mass is 16.6. The predicted molar refractivity (Wildman–Crippen MR) is 81.5 cm³/mol. The van der Waals surface area contributed by atoms with Gasteiger partial charge in [-0.2, -0.15) is 5.10 Å². The van der Waals surface area contributed by atoms with Crippen molar-refractivity contribution in [2.45, 2.75) is 32.9 Å². The second-order valence-electron chi connectivity index (χ2n) is 5.95. The molecular formula is C15H18N4O3. The highest BCUT2D eigenvalue weighted by Crippen LogP contribution is 2.14. The summed E-state index contributed by atoms with van der Waals surface area (Å²) in [4.78, 5) is 22.3. The van der Waals surface area contributed by atoms with Crippen LogP contribution in [0.5, 0.6) is 0 Å². The van der Waals surface area contributed by atoms with Crippen LogP contribution in [0.3, 0.4) is 0 Å². The lowest BCUT2D eigenvalue weighted by Gasteiger charge is -2.18. The summed E-state index contributed by atoms with van der Waals surface area (Å²) in [6.07, 6.45) is 3.19. The lowest BCUT2D eigenvalue weighted by Crippen LogP contribution is -2.24. The fourth-order valence-corrected chi connectivity index (χ4v) is 1.87. The molecule has 0 fully saturated rings. The number of hydrogen-bond donors (Lipinski definition) is 1. The van der Waals surface area contributed by atoms with Crippen molar-refractivity contribution in [3.05, 3.63) is 57.9 Å². The van der Waals surface area contributed by atoms with Crippen molar-refractivity contribution in [2.24, 2.45) is 0 Å². The number of carbonyl (C=O) groups excluding carboxylic acids is 1. The summed E-state index contributed by atoms with van der Waals surface area (Å²) in [5.74, 6) is -0.262. The largest absolute Gasteiger partial charge is 0.348 e. The van der Waals surface area contributed by atoms with E-state index in [4.69, 9.17) is 0 Å². The molecule has 0 unspecified atom stereocenters. The fourth-order valence-electron chi connectivity index (χ4n) is 1.87. The maximum absolute atomic E-state index is 12.1. The minimum atomic E-state index is -0.460. The van der Waals surface area contributed by atoms with Gasteiger partial charge in [-0.05, 0) is 26.3 Å². The molecule has 0 bridgehead atoms. The molecule has 1 heterocycles. The number of nitro benzene ring substituents is 1. The van der Waals surface area contributed by atoms with Gasteiger partial charge in [0.1, 0.15) is 0 Å². The van der Waals surface area contributed by atoms with E-state index in [-0.39, 0.29) is 23.7 Å². The summed E-state index contributed by atoms with van der Waals surface area (Å²) in [5.41, 5.74) is 0.942. The molecule has 0 radical (unpaired) electrons. The van der Waals surface area contributed by atoms with Crippen molar-refractivity contribution in [3.8, 4) is 0 Å². The van der Waals surface area contributed by atoms with Crippen LogP contribution in [0.4, 0.5) is 5.69 Å². The van der Waals surface area contributed by atoms with Gasteiger partial charge in [0.25, 0.3) is 11.6 Å². The number of non-ortho nitro benzene ring substituents is 1. The maximum atomic E-state index is 12.1. The van der Waals surface area contributed by atoms with Crippen molar-refractivity contribution in [3.63, 3.8) is 0 Å². The molecule has 1 aromatic heterocycles. The number of benzene rings is 1. The van der Waals surface area contributed by atoms with Gasteiger partial charge in [-0.3, -0.25) is 19.6 Å². The van der Waals surface area contributed by atoms with Crippen molar-refractivity contribution in [1.82, 2.24) is 15.1 Å². The SMILES string of the molecule is CC(C)(C)n1cc(C(=O)NCc2cccc([N+](=O)[O-])c2)cn1. The summed E-state index contributed by atoms with van der Waals surface area (Å²) in [6.45, 7) is 6.20. The minimum absolute atomic E-state index is 0.00676. The van der Waals surface area contributed by atoms with E-state index in [1.165, 1.54) is 18.3 Å². The molecule has 0 aliphatic rings. The molecule has 1 aromatic carbocycles. The number of aromatic nitrogens is 2. The summed E-state index contributed by atoms with van der Waals surface area (Å²) in [5, 5.41) is 17.6. The number of nitrogens with zero attached hydrogens (tertiary/aromatic N) is 3. The highest BCUT2D eigenvalue weighted by molar-refractivity contribution is 5.93. The van der Waals surface area contributed by atoms with Crippen LogP contribution in [-0.4, -0.2) is 20.6 Å². The van der Waals surface area contributed by atoms with Crippen LogP contribution in [0.15, 0.2) is 36.7 Å². The quantitative estimate of drug-likeness (QED) is 0.694. The lowest BCUT2D eigenvalue weighted by molar-refractivity contribution is -0.384. The Labute approximate surface area is 128 Å². The molecule has 0 spiro atoms. The first-order valence-corrected chi connectivity index (χ1v) is 6.84. The lowest BCUT2D eigenvalue weighted by atomic mass is 10.1. The molecule has 2 aromatic rings. The molecule has 0 aliphatic carbocycles. The third-order valence-electron chi connectivity index (χ3n) is 3.11. The molecule has 1 amide bonds. The van der Waals surface area contributed by atoms with Gasteiger partial charge >= 0.3 is 0 Å². The Kier molecular flexibility index (Phi) is 4.25. The van der Waals surface area contributed by atoms with Crippen LogP contribution in [0.2, 0.25) is 0 Å². The van der Waals surface area contributed by atoms with Crippen LogP contribution < -0.4 is 5.32 Å². The van der Waals surface area contributed by atoms with E-state index in [0.717, 1.165) is 0 Å². The maximum Gasteiger partial charge on any atom is 0.269 e. The minimum Gasteiger partial charge on any atom is -0.348 e. The van der Waals surface area contributed by atoms with Crippen LogP contribution >= 0.6 is 0 Å². The van der Waals surface area contributed by atoms with Crippen molar-refractivity contribution in [2.75, 3.05) is 0 Å². The second-order valence-corrected chi connectivity index (χ2v) is 5.95. The Hall–Kier alpha value is -2.70. The Morgan fingerprint density at radius 2 is 2.14 bits per heavy atom. The average molecular weight is 302 g/mol. The van der Waals surface area contributed by atoms with E-state index in [0.29, 0.717) is 11.1 Å². The highest BCUT2D eigenvalue weighted by Gasteiger charge is 2.16. The monoisotopic (exact) mass is 302 g/mol. The van der Waals surface area contributed by atoms with E-state index in [9.17, 15) is 14.9 Å². The normalized spacial score (nSPS) is 11.2. The Morgan fingerprint density at radius 3 is 2.73 bits per heavy atom. The van der Waals surface area contributed by atoms with Gasteiger partial charge in [-0.15, -0.1) is 0 Å². The smallest absolute Gasteiger partial charge is 0.269 e. The zero-order valence-corrected chi connectivity index (χ0v) is 12.7.